The molecule has 0 heterocycles. The number of hydrogen-bond acceptors (Lipinski definition) is 3. The summed E-state index contributed by atoms with van der Waals surface area (Å²) < 4.78 is 10.6. The van der Waals surface area contributed by atoms with Crippen LogP contribution in [-0.2, 0) is 11.2 Å². The van der Waals surface area contributed by atoms with Gasteiger partial charge < -0.3 is 14.6 Å². The molecule has 0 saturated carbocycles. The highest BCUT2D eigenvalue weighted by atomic mass is 16.5. The van der Waals surface area contributed by atoms with Gasteiger partial charge in [-0.25, -0.2) is 0 Å². The molecule has 0 amide bonds. The molecule has 0 aliphatic heterocycles. The molecule has 4 heteroatoms. The zero-order chi connectivity index (χ0) is 13.0. The first-order valence-corrected chi connectivity index (χ1v) is 5.46. The minimum Gasteiger partial charge on any atom is -0.496 e. The van der Waals surface area contributed by atoms with Crippen LogP contribution in [0.15, 0.2) is 12.1 Å². The Hall–Kier alpha value is -1.71. The molecule has 0 bridgehead atoms. The second-order valence-electron chi connectivity index (χ2n) is 4.14. The average molecular weight is 238 g/mol. The molecular weight excluding hydrogens is 220 g/mol. The monoisotopic (exact) mass is 238 g/mol. The molecule has 1 aromatic carbocycles. The lowest BCUT2D eigenvalue weighted by Gasteiger charge is -2.17. The van der Waals surface area contributed by atoms with Crippen molar-refractivity contribution in [2.45, 2.75) is 26.2 Å². The third kappa shape index (κ3) is 3.12. The van der Waals surface area contributed by atoms with Gasteiger partial charge in [-0.1, -0.05) is 13.8 Å². The fourth-order valence-electron chi connectivity index (χ4n) is 1.84. The van der Waals surface area contributed by atoms with E-state index >= 15 is 0 Å². The van der Waals surface area contributed by atoms with Gasteiger partial charge in [0.05, 0.1) is 20.6 Å². The van der Waals surface area contributed by atoms with Crippen molar-refractivity contribution < 1.29 is 19.4 Å². The number of carboxylic acid groups (broad SMARTS) is 1. The first-order valence-electron chi connectivity index (χ1n) is 5.46. The summed E-state index contributed by atoms with van der Waals surface area (Å²) in [5.74, 6) is 0.733. The average Bonchev–Trinajstić information content (AvgIpc) is 2.26. The third-order valence-electron chi connectivity index (χ3n) is 2.54. The highest BCUT2D eigenvalue weighted by Crippen LogP contribution is 2.36. The van der Waals surface area contributed by atoms with Crippen molar-refractivity contribution in [2.75, 3.05) is 14.2 Å². The van der Waals surface area contributed by atoms with Gasteiger partial charge >= 0.3 is 5.97 Å². The Morgan fingerprint density at radius 2 is 1.71 bits per heavy atom. The van der Waals surface area contributed by atoms with E-state index in [4.69, 9.17) is 14.6 Å². The standard InChI is InChI=1S/C13H18O4/c1-8(2)13-10(16-3)5-9(7-12(14)15)6-11(13)17-4/h5-6,8H,7H2,1-4H3,(H,14,15). The zero-order valence-corrected chi connectivity index (χ0v) is 10.6. The van der Waals surface area contributed by atoms with Crippen molar-refractivity contribution in [3.8, 4) is 11.5 Å². The maximum absolute atomic E-state index is 10.7. The summed E-state index contributed by atoms with van der Waals surface area (Å²) in [7, 11) is 3.15. The maximum atomic E-state index is 10.7. The van der Waals surface area contributed by atoms with Crippen molar-refractivity contribution in [2.24, 2.45) is 0 Å². The molecule has 17 heavy (non-hydrogen) atoms. The molecule has 0 saturated heterocycles. The quantitative estimate of drug-likeness (QED) is 0.856. The van der Waals surface area contributed by atoms with Crippen molar-refractivity contribution >= 4 is 5.97 Å². The fourth-order valence-corrected chi connectivity index (χ4v) is 1.84. The van der Waals surface area contributed by atoms with Crippen molar-refractivity contribution in [1.29, 1.82) is 0 Å². The van der Waals surface area contributed by atoms with Crippen LogP contribution in [0.4, 0.5) is 0 Å². The predicted molar refractivity (Wildman–Crippen MR) is 65.0 cm³/mol. The second kappa shape index (κ2) is 5.57. The summed E-state index contributed by atoms with van der Waals surface area (Å²) in [6.07, 6.45) is -0.0366. The number of benzene rings is 1. The Morgan fingerprint density at radius 1 is 1.24 bits per heavy atom. The van der Waals surface area contributed by atoms with Crippen LogP contribution in [0.2, 0.25) is 0 Å². The van der Waals surface area contributed by atoms with E-state index in [-0.39, 0.29) is 12.3 Å². The van der Waals surface area contributed by atoms with Gasteiger partial charge in [-0.3, -0.25) is 4.79 Å². The minimum absolute atomic E-state index is 0.0366. The third-order valence-corrected chi connectivity index (χ3v) is 2.54. The van der Waals surface area contributed by atoms with Crippen LogP contribution in [0, 0.1) is 0 Å². The lowest BCUT2D eigenvalue weighted by molar-refractivity contribution is -0.136. The number of hydrogen-bond donors (Lipinski definition) is 1. The second-order valence-corrected chi connectivity index (χ2v) is 4.14. The van der Waals surface area contributed by atoms with Crippen LogP contribution in [0.5, 0.6) is 11.5 Å². The number of rotatable bonds is 5. The van der Waals surface area contributed by atoms with Crippen LogP contribution in [0.3, 0.4) is 0 Å². The topological polar surface area (TPSA) is 55.8 Å². The lowest BCUT2D eigenvalue weighted by atomic mass is 9.98. The molecule has 1 aromatic rings. The highest BCUT2D eigenvalue weighted by Gasteiger charge is 2.16. The number of aliphatic carboxylic acids is 1. The van der Waals surface area contributed by atoms with Crippen LogP contribution >= 0.6 is 0 Å². The summed E-state index contributed by atoms with van der Waals surface area (Å²) in [6, 6.07) is 3.51. The molecule has 0 aliphatic rings. The van der Waals surface area contributed by atoms with Crippen molar-refractivity contribution in [3.63, 3.8) is 0 Å². The van der Waals surface area contributed by atoms with Crippen molar-refractivity contribution in [3.05, 3.63) is 23.3 Å². The van der Waals surface area contributed by atoms with Crippen LogP contribution in [0.1, 0.15) is 30.9 Å². The molecule has 0 aromatic heterocycles. The van der Waals surface area contributed by atoms with Gasteiger partial charge in [0.25, 0.3) is 0 Å². The van der Waals surface area contributed by atoms with E-state index in [1.807, 2.05) is 13.8 Å². The summed E-state index contributed by atoms with van der Waals surface area (Å²) in [5, 5.41) is 8.79. The number of carboxylic acids is 1. The van der Waals surface area contributed by atoms with E-state index in [0.29, 0.717) is 17.1 Å². The first kappa shape index (κ1) is 13.4. The van der Waals surface area contributed by atoms with E-state index in [1.54, 1.807) is 26.4 Å². The van der Waals surface area contributed by atoms with Gasteiger partial charge in [-0.05, 0) is 23.6 Å². The Balaban J connectivity index is 3.28. The van der Waals surface area contributed by atoms with E-state index in [9.17, 15) is 4.79 Å². The van der Waals surface area contributed by atoms with Gasteiger partial charge in [-0.15, -0.1) is 0 Å². The van der Waals surface area contributed by atoms with E-state index in [0.717, 1.165) is 5.56 Å². The van der Waals surface area contributed by atoms with Gasteiger partial charge in [0.2, 0.25) is 0 Å². The van der Waals surface area contributed by atoms with Crippen molar-refractivity contribution in [1.82, 2.24) is 0 Å². The van der Waals surface area contributed by atoms with Gasteiger partial charge in [0, 0.05) is 5.56 Å². The Labute approximate surface area is 101 Å². The summed E-state index contributed by atoms with van der Waals surface area (Å²) in [6.45, 7) is 4.08. The number of ether oxygens (including phenoxy) is 2. The molecule has 1 N–H and O–H groups in total. The molecule has 4 nitrogen and oxygen atoms in total. The van der Waals surface area contributed by atoms with Crippen LogP contribution in [0.25, 0.3) is 0 Å². The number of carbonyl (C=O) groups is 1. The smallest absolute Gasteiger partial charge is 0.307 e. The largest absolute Gasteiger partial charge is 0.496 e. The molecule has 0 aliphatic carbocycles. The molecular formula is C13H18O4. The molecule has 0 radical (unpaired) electrons. The van der Waals surface area contributed by atoms with Crippen LogP contribution < -0.4 is 9.47 Å². The van der Waals surface area contributed by atoms with Crippen LogP contribution in [-0.4, -0.2) is 25.3 Å². The minimum atomic E-state index is -0.869. The SMILES string of the molecule is COc1cc(CC(=O)O)cc(OC)c1C(C)C. The molecule has 0 unspecified atom stereocenters. The Bertz CT molecular complexity index is 385. The fraction of sp³-hybridized carbons (Fsp3) is 0.462. The van der Waals surface area contributed by atoms with E-state index in [1.165, 1.54) is 0 Å². The lowest BCUT2D eigenvalue weighted by Crippen LogP contribution is -2.04. The summed E-state index contributed by atoms with van der Waals surface area (Å²) in [5.41, 5.74) is 1.64. The Morgan fingerprint density at radius 3 is 2.00 bits per heavy atom. The predicted octanol–water partition coefficient (Wildman–Crippen LogP) is 2.45. The first-order chi connectivity index (χ1) is 7.99. The normalized spacial score (nSPS) is 10.4. The Kier molecular flexibility index (Phi) is 4.37. The maximum Gasteiger partial charge on any atom is 0.307 e. The summed E-state index contributed by atoms with van der Waals surface area (Å²) >= 11 is 0. The van der Waals surface area contributed by atoms with E-state index in [2.05, 4.69) is 0 Å². The highest BCUT2D eigenvalue weighted by molar-refractivity contribution is 5.71. The van der Waals surface area contributed by atoms with Gasteiger partial charge in [-0.2, -0.15) is 0 Å². The zero-order valence-electron chi connectivity index (χ0n) is 10.6. The van der Waals surface area contributed by atoms with E-state index < -0.39 is 5.97 Å². The molecule has 0 fully saturated rings. The summed E-state index contributed by atoms with van der Waals surface area (Å²) in [4.78, 5) is 10.7. The molecule has 0 spiro atoms. The molecule has 94 valence electrons. The molecule has 0 atom stereocenters. The number of methoxy groups -OCH3 is 2. The van der Waals surface area contributed by atoms with Gasteiger partial charge in [0.1, 0.15) is 11.5 Å². The van der Waals surface area contributed by atoms with Gasteiger partial charge in [0.15, 0.2) is 0 Å². The molecule has 1 rings (SSSR count).